The number of pyridine rings is 1. The number of benzene rings is 4. The molecule has 0 unspecified atom stereocenters. The lowest BCUT2D eigenvalue weighted by Gasteiger charge is -2.17. The lowest BCUT2D eigenvalue weighted by Crippen LogP contribution is -2.33. The predicted molar refractivity (Wildman–Crippen MR) is 164 cm³/mol. The number of hydrogen-bond donors (Lipinski definition) is 0. The van der Waals surface area contributed by atoms with Crippen molar-refractivity contribution in [3.05, 3.63) is 138 Å². The highest BCUT2D eigenvalue weighted by atomic mass is 32.2. The summed E-state index contributed by atoms with van der Waals surface area (Å²) >= 11 is 0. The molecule has 2 aromatic heterocycles. The third-order valence-electron chi connectivity index (χ3n) is 7.21. The molecule has 0 aliphatic carbocycles. The van der Waals surface area contributed by atoms with Crippen molar-refractivity contribution in [3.63, 3.8) is 0 Å². The van der Waals surface area contributed by atoms with Crippen LogP contribution in [0.2, 0.25) is 0 Å². The van der Waals surface area contributed by atoms with E-state index in [0.717, 1.165) is 12.1 Å². The van der Waals surface area contributed by atoms with Gasteiger partial charge in [0.2, 0.25) is 0 Å². The van der Waals surface area contributed by atoms with Crippen LogP contribution in [0.4, 0.5) is 0 Å². The molecule has 0 fully saturated rings. The Labute approximate surface area is 242 Å². The molecule has 0 atom stereocenters. The van der Waals surface area contributed by atoms with E-state index in [1.807, 2.05) is 6.92 Å². The van der Waals surface area contributed by atoms with Gasteiger partial charge in [-0.15, -0.1) is 0 Å². The van der Waals surface area contributed by atoms with Gasteiger partial charge in [0.1, 0.15) is 10.1 Å². The summed E-state index contributed by atoms with van der Waals surface area (Å²) in [5, 5.41) is 2.60. The van der Waals surface area contributed by atoms with E-state index in [-0.39, 0.29) is 10.3 Å². The van der Waals surface area contributed by atoms with Crippen LogP contribution in [0.3, 0.4) is 0 Å². The van der Waals surface area contributed by atoms with E-state index in [1.165, 1.54) is 50.8 Å². The molecular weight excluding hydrogens is 528 g/mol. The third kappa shape index (κ3) is 6.40. The summed E-state index contributed by atoms with van der Waals surface area (Å²) in [6.45, 7) is 9.44. The summed E-state index contributed by atoms with van der Waals surface area (Å²) in [5.41, 5.74) is 7.47. The van der Waals surface area contributed by atoms with Crippen LogP contribution in [-0.2, 0) is 22.1 Å². The van der Waals surface area contributed by atoms with E-state index in [2.05, 4.69) is 127 Å². The Balaban J connectivity index is 0.000000259. The average molecular weight is 563 g/mol. The molecular formula is C35H34N2O3S. The van der Waals surface area contributed by atoms with Crippen molar-refractivity contribution in [2.75, 3.05) is 0 Å². The Morgan fingerprint density at radius 3 is 1.71 bits per heavy atom. The van der Waals surface area contributed by atoms with Crippen molar-refractivity contribution in [2.45, 2.75) is 44.6 Å². The third-order valence-corrected chi connectivity index (χ3v) is 8.06. The first-order valence-electron chi connectivity index (χ1n) is 13.6. The largest absolute Gasteiger partial charge is 0.744 e. The van der Waals surface area contributed by atoms with Gasteiger partial charge in [-0.05, 0) is 54.3 Å². The van der Waals surface area contributed by atoms with E-state index in [1.54, 1.807) is 12.1 Å². The molecule has 6 aromatic rings. The smallest absolute Gasteiger partial charge is 0.173 e. The van der Waals surface area contributed by atoms with E-state index >= 15 is 0 Å². The Hall–Kier alpha value is -4.26. The maximum absolute atomic E-state index is 10.4. The van der Waals surface area contributed by atoms with E-state index in [4.69, 9.17) is 0 Å². The van der Waals surface area contributed by atoms with Gasteiger partial charge in [0.05, 0.1) is 15.9 Å². The zero-order valence-electron chi connectivity index (χ0n) is 23.8. The summed E-state index contributed by atoms with van der Waals surface area (Å²) in [7, 11) is -4.27. The molecule has 41 heavy (non-hydrogen) atoms. The summed E-state index contributed by atoms with van der Waals surface area (Å²) in [6, 6.07) is 36.5. The molecule has 0 spiro atoms. The van der Waals surface area contributed by atoms with Crippen LogP contribution in [0.25, 0.3) is 27.5 Å². The fraction of sp³-hybridized carbons (Fsp3) is 0.171. The van der Waals surface area contributed by atoms with Crippen molar-refractivity contribution >= 4 is 31.9 Å². The van der Waals surface area contributed by atoms with Crippen LogP contribution >= 0.6 is 0 Å². The highest BCUT2D eigenvalue weighted by Crippen LogP contribution is 2.31. The predicted octanol–water partition coefficient (Wildman–Crippen LogP) is 7.32. The van der Waals surface area contributed by atoms with Crippen molar-refractivity contribution in [2.24, 2.45) is 0 Å². The topological polar surface area (TPSA) is 66.0 Å². The van der Waals surface area contributed by atoms with Crippen LogP contribution in [0.15, 0.2) is 126 Å². The molecule has 0 amide bonds. The quantitative estimate of drug-likeness (QED) is 0.167. The van der Waals surface area contributed by atoms with Gasteiger partial charge in [0, 0.05) is 34.2 Å². The van der Waals surface area contributed by atoms with Gasteiger partial charge in [-0.25, -0.2) is 13.0 Å². The second-order valence-corrected chi connectivity index (χ2v) is 12.7. The Morgan fingerprint density at radius 2 is 1.22 bits per heavy atom. The molecule has 208 valence electrons. The van der Waals surface area contributed by atoms with Gasteiger partial charge in [-0.2, -0.15) is 0 Å². The SMILES string of the molecule is CC(C)(C)c1cc[n+](Cc2ccc(-n3c4ccccc4c4ccccc43)cc2)cc1.Cc1ccc(S(=O)(=O)[O-])cc1. The summed E-state index contributed by atoms with van der Waals surface area (Å²) < 4.78 is 35.8. The second-order valence-electron chi connectivity index (χ2n) is 11.3. The molecule has 2 heterocycles. The molecule has 6 heteroatoms. The lowest BCUT2D eigenvalue weighted by atomic mass is 9.88. The van der Waals surface area contributed by atoms with Crippen LogP contribution < -0.4 is 4.57 Å². The summed E-state index contributed by atoms with van der Waals surface area (Å²) in [6.07, 6.45) is 4.36. The van der Waals surface area contributed by atoms with Gasteiger partial charge >= 0.3 is 0 Å². The van der Waals surface area contributed by atoms with Crippen molar-refractivity contribution in [3.8, 4) is 5.69 Å². The Bertz CT molecular complexity index is 1850. The summed E-state index contributed by atoms with van der Waals surface area (Å²) in [5.74, 6) is 0. The minimum atomic E-state index is -4.27. The lowest BCUT2D eigenvalue weighted by molar-refractivity contribution is -0.688. The first-order chi connectivity index (χ1) is 19.5. The van der Waals surface area contributed by atoms with E-state index in [9.17, 15) is 13.0 Å². The standard InChI is InChI=1S/C28H27N2.C7H8O3S/c1-28(2,3)22-16-18-29(19-17-22)20-21-12-14-23(15-13-21)30-26-10-6-4-8-24(26)25-9-5-7-11-27(25)30;1-6-2-4-7(5-3-6)11(8,9)10/h4-19H,20H2,1-3H3;2-5H,1H3,(H,8,9,10)/q+1;/p-1. The number of nitrogens with zero attached hydrogens (tertiary/aromatic N) is 2. The molecule has 0 aliphatic heterocycles. The monoisotopic (exact) mass is 562 g/mol. The van der Waals surface area contributed by atoms with Gasteiger partial charge in [-0.3, -0.25) is 0 Å². The van der Waals surface area contributed by atoms with Gasteiger partial charge in [0.15, 0.2) is 18.9 Å². The minimum Gasteiger partial charge on any atom is -0.744 e. The number of aryl methyl sites for hydroxylation is 1. The fourth-order valence-electron chi connectivity index (χ4n) is 4.93. The highest BCUT2D eigenvalue weighted by molar-refractivity contribution is 7.85. The molecule has 4 aromatic carbocycles. The number of rotatable bonds is 4. The zero-order valence-corrected chi connectivity index (χ0v) is 24.6. The highest BCUT2D eigenvalue weighted by Gasteiger charge is 2.15. The Kier molecular flexibility index (Phi) is 7.80. The van der Waals surface area contributed by atoms with Gasteiger partial charge < -0.3 is 9.12 Å². The molecule has 0 radical (unpaired) electrons. The molecule has 0 aliphatic rings. The Morgan fingerprint density at radius 1 is 0.707 bits per heavy atom. The molecule has 5 nitrogen and oxygen atoms in total. The van der Waals surface area contributed by atoms with E-state index in [0.29, 0.717) is 0 Å². The van der Waals surface area contributed by atoms with E-state index < -0.39 is 10.1 Å². The first kappa shape index (κ1) is 28.3. The first-order valence-corrected chi connectivity index (χ1v) is 15.0. The normalized spacial score (nSPS) is 11.8. The van der Waals surface area contributed by atoms with Crippen molar-refractivity contribution in [1.82, 2.24) is 4.57 Å². The van der Waals surface area contributed by atoms with Gasteiger partial charge in [-0.1, -0.05) is 87.0 Å². The molecule has 0 saturated heterocycles. The molecule has 0 bridgehead atoms. The second kappa shape index (κ2) is 11.3. The number of para-hydroxylation sites is 2. The molecule has 0 N–H and O–H groups in total. The fourth-order valence-corrected chi connectivity index (χ4v) is 5.40. The molecule has 6 rings (SSSR count). The maximum atomic E-state index is 10.4. The van der Waals surface area contributed by atoms with Crippen LogP contribution in [0, 0.1) is 6.92 Å². The van der Waals surface area contributed by atoms with Crippen molar-refractivity contribution in [1.29, 1.82) is 0 Å². The number of fused-ring (bicyclic) bond motifs is 3. The zero-order chi connectivity index (χ0) is 29.2. The van der Waals surface area contributed by atoms with Crippen LogP contribution in [-0.4, -0.2) is 17.5 Å². The van der Waals surface area contributed by atoms with Crippen LogP contribution in [0.1, 0.15) is 37.5 Å². The summed E-state index contributed by atoms with van der Waals surface area (Å²) in [4.78, 5) is -0.178. The van der Waals surface area contributed by atoms with Crippen molar-refractivity contribution < 1.29 is 17.5 Å². The average Bonchev–Trinajstić information content (AvgIpc) is 3.28. The number of hydrogen-bond acceptors (Lipinski definition) is 3. The van der Waals surface area contributed by atoms with Crippen LogP contribution in [0.5, 0.6) is 0 Å². The van der Waals surface area contributed by atoms with Gasteiger partial charge in [0.25, 0.3) is 0 Å². The maximum Gasteiger partial charge on any atom is 0.173 e. The minimum absolute atomic E-state index is 0.178. The molecule has 0 saturated carbocycles. The number of aromatic nitrogens is 2.